The topological polar surface area (TPSA) is 79.8 Å². The van der Waals surface area contributed by atoms with Crippen molar-refractivity contribution in [3.63, 3.8) is 0 Å². The number of hydrogen-bond acceptors (Lipinski definition) is 5. The van der Waals surface area contributed by atoms with Crippen molar-refractivity contribution < 1.29 is 19.4 Å². The van der Waals surface area contributed by atoms with Crippen LogP contribution in [0, 0.1) is 0 Å². The van der Waals surface area contributed by atoms with Gasteiger partial charge in [0.15, 0.2) is 11.5 Å². The number of fused-ring (bicyclic) bond motifs is 1. The number of nitrogens with one attached hydrogen (secondary N) is 2. The van der Waals surface area contributed by atoms with Crippen LogP contribution in [0.1, 0.15) is 24.8 Å². The van der Waals surface area contributed by atoms with E-state index in [1.807, 2.05) is 0 Å². The normalized spacial score (nSPS) is 23.4. The Morgan fingerprint density at radius 2 is 2.00 bits per heavy atom. The molecule has 1 fully saturated rings. The highest BCUT2D eigenvalue weighted by Crippen LogP contribution is 2.35. The fourth-order valence-electron chi connectivity index (χ4n) is 3.03. The summed E-state index contributed by atoms with van der Waals surface area (Å²) in [6, 6.07) is 3.43. The van der Waals surface area contributed by atoms with Crippen LogP contribution in [0.15, 0.2) is 12.1 Å². The first-order chi connectivity index (χ1) is 11.6. The Bertz CT molecular complexity index is 600. The lowest BCUT2D eigenvalue weighted by Gasteiger charge is -2.26. The number of carbonyl (C=O) groups excluding carboxylic acids is 1. The monoisotopic (exact) mass is 354 g/mol. The van der Waals surface area contributed by atoms with Crippen molar-refractivity contribution in [2.24, 2.45) is 0 Å². The summed E-state index contributed by atoms with van der Waals surface area (Å²) in [5.41, 5.74) is -0.150. The first kappa shape index (κ1) is 17.3. The molecule has 2 heterocycles. The molecule has 24 heavy (non-hydrogen) atoms. The van der Waals surface area contributed by atoms with Gasteiger partial charge in [-0.25, -0.2) is 0 Å². The zero-order valence-corrected chi connectivity index (χ0v) is 14.3. The standard InChI is InChI=1S/C17H23ClN2O4/c18-13-10-15-14(23-6-7-24-15)8-12(13)9-16(21)20-11-17(22)2-1-4-19-5-3-17/h8,10,19,22H,1-7,9,11H2,(H,20,21)/t17-/m1/s1. The number of amides is 1. The van der Waals surface area contributed by atoms with Crippen molar-refractivity contribution in [2.75, 3.05) is 32.8 Å². The predicted molar refractivity (Wildman–Crippen MR) is 90.8 cm³/mol. The largest absolute Gasteiger partial charge is 0.486 e. The van der Waals surface area contributed by atoms with Crippen LogP contribution >= 0.6 is 11.6 Å². The van der Waals surface area contributed by atoms with Gasteiger partial charge < -0.3 is 25.2 Å². The van der Waals surface area contributed by atoms with Crippen molar-refractivity contribution in [2.45, 2.75) is 31.3 Å². The molecule has 2 aliphatic rings. The molecule has 0 radical (unpaired) electrons. The van der Waals surface area contributed by atoms with E-state index in [0.29, 0.717) is 48.1 Å². The molecule has 3 rings (SSSR count). The second-order valence-corrected chi connectivity index (χ2v) is 6.78. The number of carbonyl (C=O) groups is 1. The number of rotatable bonds is 4. The minimum Gasteiger partial charge on any atom is -0.486 e. The van der Waals surface area contributed by atoms with Crippen molar-refractivity contribution in [3.05, 3.63) is 22.7 Å². The van der Waals surface area contributed by atoms with Crippen LogP contribution in [0.2, 0.25) is 5.02 Å². The molecule has 0 aromatic heterocycles. The Labute approximate surface area is 146 Å². The molecule has 0 saturated carbocycles. The van der Waals surface area contributed by atoms with E-state index in [4.69, 9.17) is 21.1 Å². The van der Waals surface area contributed by atoms with Crippen LogP contribution in [-0.2, 0) is 11.2 Å². The maximum absolute atomic E-state index is 12.2. The van der Waals surface area contributed by atoms with Crippen molar-refractivity contribution in [1.82, 2.24) is 10.6 Å². The third kappa shape index (κ3) is 4.32. The van der Waals surface area contributed by atoms with Crippen molar-refractivity contribution >= 4 is 17.5 Å². The Balaban J connectivity index is 1.58. The second kappa shape index (κ2) is 7.59. The first-order valence-corrected chi connectivity index (χ1v) is 8.71. The molecule has 1 atom stereocenters. The summed E-state index contributed by atoms with van der Waals surface area (Å²) in [5.74, 6) is 1.05. The van der Waals surface area contributed by atoms with E-state index >= 15 is 0 Å². The second-order valence-electron chi connectivity index (χ2n) is 6.37. The maximum atomic E-state index is 12.2. The molecular weight excluding hydrogens is 332 g/mol. The van der Waals surface area contributed by atoms with Crippen LogP contribution in [0.5, 0.6) is 11.5 Å². The van der Waals surface area contributed by atoms with Gasteiger partial charge in [0.05, 0.1) is 12.0 Å². The molecule has 0 aliphatic carbocycles. The summed E-state index contributed by atoms with van der Waals surface area (Å²) in [7, 11) is 0. The highest BCUT2D eigenvalue weighted by molar-refractivity contribution is 6.31. The van der Waals surface area contributed by atoms with Crippen LogP contribution in [0.4, 0.5) is 0 Å². The lowest BCUT2D eigenvalue weighted by atomic mass is 9.95. The molecule has 1 amide bonds. The Hall–Kier alpha value is -1.50. The highest BCUT2D eigenvalue weighted by Gasteiger charge is 2.28. The zero-order chi connectivity index (χ0) is 17.0. The summed E-state index contributed by atoms with van der Waals surface area (Å²) in [5, 5.41) is 17.1. The molecule has 3 N–H and O–H groups in total. The summed E-state index contributed by atoms with van der Waals surface area (Å²) in [6.07, 6.45) is 2.37. The van der Waals surface area contributed by atoms with E-state index in [9.17, 15) is 9.90 Å². The summed E-state index contributed by atoms with van der Waals surface area (Å²) >= 11 is 6.23. The minimum absolute atomic E-state index is 0.143. The molecule has 0 unspecified atom stereocenters. The van der Waals surface area contributed by atoms with Gasteiger partial charge in [-0.15, -0.1) is 0 Å². The average Bonchev–Trinajstić information content (AvgIpc) is 2.79. The fourth-order valence-corrected chi connectivity index (χ4v) is 3.25. The lowest BCUT2D eigenvalue weighted by molar-refractivity contribution is -0.121. The SMILES string of the molecule is O=C(Cc1cc2c(cc1Cl)OCCO2)NC[C@@]1(O)CCCNCC1. The Kier molecular flexibility index (Phi) is 5.48. The molecule has 1 aromatic rings. The quantitative estimate of drug-likeness (QED) is 0.759. The molecule has 7 heteroatoms. The lowest BCUT2D eigenvalue weighted by Crippen LogP contribution is -2.43. The molecule has 6 nitrogen and oxygen atoms in total. The van der Waals surface area contributed by atoms with Gasteiger partial charge in [-0.2, -0.15) is 0 Å². The molecule has 1 aromatic carbocycles. The maximum Gasteiger partial charge on any atom is 0.224 e. The minimum atomic E-state index is -0.838. The number of benzene rings is 1. The molecular formula is C17H23ClN2O4. The Morgan fingerprint density at radius 1 is 1.25 bits per heavy atom. The van der Waals surface area contributed by atoms with E-state index in [-0.39, 0.29) is 18.9 Å². The van der Waals surface area contributed by atoms with E-state index in [1.54, 1.807) is 12.1 Å². The van der Waals surface area contributed by atoms with Gasteiger partial charge in [0.25, 0.3) is 0 Å². The molecule has 1 saturated heterocycles. The number of aliphatic hydroxyl groups is 1. The van der Waals surface area contributed by atoms with Crippen LogP contribution in [0.3, 0.4) is 0 Å². The molecule has 132 valence electrons. The highest BCUT2D eigenvalue weighted by atomic mass is 35.5. The van der Waals surface area contributed by atoms with Crippen LogP contribution in [0.25, 0.3) is 0 Å². The van der Waals surface area contributed by atoms with Gasteiger partial charge in [0, 0.05) is 17.6 Å². The van der Waals surface area contributed by atoms with Gasteiger partial charge >= 0.3 is 0 Å². The van der Waals surface area contributed by atoms with Gasteiger partial charge in [0.1, 0.15) is 13.2 Å². The molecule has 2 aliphatic heterocycles. The van der Waals surface area contributed by atoms with Gasteiger partial charge in [-0.3, -0.25) is 4.79 Å². The summed E-state index contributed by atoms with van der Waals surface area (Å²) < 4.78 is 11.0. The van der Waals surface area contributed by atoms with E-state index in [0.717, 1.165) is 19.5 Å². The summed E-state index contributed by atoms with van der Waals surface area (Å²) in [4.78, 5) is 12.2. The third-order valence-corrected chi connectivity index (χ3v) is 4.79. The Morgan fingerprint density at radius 3 is 2.79 bits per heavy atom. The number of hydrogen-bond donors (Lipinski definition) is 3. The fraction of sp³-hybridized carbons (Fsp3) is 0.588. The van der Waals surface area contributed by atoms with Crippen molar-refractivity contribution in [3.8, 4) is 11.5 Å². The summed E-state index contributed by atoms with van der Waals surface area (Å²) in [6.45, 7) is 2.91. The average molecular weight is 355 g/mol. The molecule has 0 bridgehead atoms. The smallest absolute Gasteiger partial charge is 0.224 e. The van der Waals surface area contributed by atoms with Gasteiger partial charge in [-0.05, 0) is 44.0 Å². The van der Waals surface area contributed by atoms with Crippen molar-refractivity contribution in [1.29, 1.82) is 0 Å². The third-order valence-electron chi connectivity index (χ3n) is 4.44. The van der Waals surface area contributed by atoms with E-state index in [2.05, 4.69) is 10.6 Å². The number of halogens is 1. The zero-order valence-electron chi connectivity index (χ0n) is 13.6. The van der Waals surface area contributed by atoms with Crippen LogP contribution < -0.4 is 20.1 Å². The molecule has 0 spiro atoms. The van der Waals surface area contributed by atoms with E-state index in [1.165, 1.54) is 0 Å². The van der Waals surface area contributed by atoms with Crippen LogP contribution in [-0.4, -0.2) is 49.5 Å². The van der Waals surface area contributed by atoms with Gasteiger partial charge in [0.2, 0.25) is 5.91 Å². The van der Waals surface area contributed by atoms with E-state index < -0.39 is 5.60 Å². The number of ether oxygens (including phenoxy) is 2. The first-order valence-electron chi connectivity index (χ1n) is 8.34. The predicted octanol–water partition coefficient (Wildman–Crippen LogP) is 1.27. The van der Waals surface area contributed by atoms with Gasteiger partial charge in [-0.1, -0.05) is 11.6 Å².